The Morgan fingerprint density at radius 2 is 2.08 bits per heavy atom. The van der Waals surface area contributed by atoms with E-state index < -0.39 is 0 Å². The van der Waals surface area contributed by atoms with Crippen molar-refractivity contribution >= 4 is 11.8 Å². The van der Waals surface area contributed by atoms with Gasteiger partial charge in [0.25, 0.3) is 5.91 Å². The molecule has 25 heavy (non-hydrogen) atoms. The van der Waals surface area contributed by atoms with Gasteiger partial charge >= 0.3 is 0 Å². The molecule has 1 aromatic heterocycles. The molecular formula is C18H23N3O4. The lowest BCUT2D eigenvalue weighted by Gasteiger charge is -2.22. The molecule has 1 unspecified atom stereocenters. The summed E-state index contributed by atoms with van der Waals surface area (Å²) in [5.41, 5.74) is 0.606. The molecule has 0 radical (unpaired) electrons. The van der Waals surface area contributed by atoms with Crippen molar-refractivity contribution in [3.8, 4) is 0 Å². The lowest BCUT2D eigenvalue weighted by Crippen LogP contribution is -2.38. The van der Waals surface area contributed by atoms with Crippen molar-refractivity contribution in [2.45, 2.75) is 12.5 Å². The summed E-state index contributed by atoms with van der Waals surface area (Å²) in [4.78, 5) is 30.6. The largest absolute Gasteiger partial charge is 0.381 e. The van der Waals surface area contributed by atoms with Gasteiger partial charge in [0.15, 0.2) is 0 Å². The number of rotatable bonds is 4. The zero-order chi connectivity index (χ0) is 17.2. The fourth-order valence-electron chi connectivity index (χ4n) is 4.01. The Morgan fingerprint density at radius 1 is 1.24 bits per heavy atom. The summed E-state index contributed by atoms with van der Waals surface area (Å²) in [5, 5.41) is 2.98. The number of carbonyl (C=O) groups is 2. The van der Waals surface area contributed by atoms with Gasteiger partial charge in [0.1, 0.15) is 0 Å². The van der Waals surface area contributed by atoms with Crippen LogP contribution in [0.2, 0.25) is 0 Å². The third-order valence-corrected chi connectivity index (χ3v) is 5.50. The number of pyridine rings is 1. The van der Waals surface area contributed by atoms with Gasteiger partial charge in [-0.3, -0.25) is 14.6 Å². The Morgan fingerprint density at radius 3 is 2.84 bits per heavy atom. The van der Waals surface area contributed by atoms with Gasteiger partial charge in [0.2, 0.25) is 5.91 Å². The summed E-state index contributed by atoms with van der Waals surface area (Å²) in [6.45, 7) is 3.80. The number of ether oxygens (including phenoxy) is 2. The molecule has 0 saturated carbocycles. The van der Waals surface area contributed by atoms with Gasteiger partial charge in [-0.25, -0.2) is 0 Å². The highest BCUT2D eigenvalue weighted by atomic mass is 16.5. The second-order valence-corrected chi connectivity index (χ2v) is 7.05. The van der Waals surface area contributed by atoms with Gasteiger partial charge < -0.3 is 19.7 Å². The Labute approximate surface area is 146 Å². The molecule has 3 fully saturated rings. The molecule has 1 N–H and O–H groups in total. The fourth-order valence-corrected chi connectivity index (χ4v) is 4.01. The van der Waals surface area contributed by atoms with Crippen molar-refractivity contribution in [1.29, 1.82) is 0 Å². The molecule has 1 aromatic rings. The van der Waals surface area contributed by atoms with Crippen molar-refractivity contribution in [1.82, 2.24) is 15.2 Å². The van der Waals surface area contributed by atoms with E-state index in [9.17, 15) is 9.59 Å². The van der Waals surface area contributed by atoms with E-state index in [1.165, 1.54) is 0 Å². The van der Waals surface area contributed by atoms with E-state index in [2.05, 4.69) is 10.3 Å². The Kier molecular flexibility index (Phi) is 4.67. The van der Waals surface area contributed by atoms with Gasteiger partial charge in [-0.15, -0.1) is 0 Å². The van der Waals surface area contributed by atoms with Gasteiger partial charge in [-0.05, 0) is 18.6 Å². The minimum atomic E-state index is -0.0973. The van der Waals surface area contributed by atoms with E-state index in [0.29, 0.717) is 44.4 Å². The zero-order valence-corrected chi connectivity index (χ0v) is 14.1. The van der Waals surface area contributed by atoms with Crippen LogP contribution in [0.1, 0.15) is 16.8 Å². The lowest BCUT2D eigenvalue weighted by atomic mass is 9.93. The smallest absolute Gasteiger partial charge is 0.251 e. The molecule has 3 aliphatic heterocycles. The Bertz CT molecular complexity index is 632. The maximum Gasteiger partial charge on any atom is 0.251 e. The minimum absolute atomic E-state index is 0.00340. The molecule has 0 spiro atoms. The second-order valence-electron chi connectivity index (χ2n) is 7.05. The first-order chi connectivity index (χ1) is 12.2. The highest BCUT2D eigenvalue weighted by Crippen LogP contribution is 2.34. The van der Waals surface area contributed by atoms with Crippen LogP contribution < -0.4 is 5.32 Å². The van der Waals surface area contributed by atoms with E-state index >= 15 is 0 Å². The van der Waals surface area contributed by atoms with Crippen molar-refractivity contribution < 1.29 is 19.1 Å². The van der Waals surface area contributed by atoms with Gasteiger partial charge in [0, 0.05) is 56.0 Å². The summed E-state index contributed by atoms with van der Waals surface area (Å²) in [6.07, 6.45) is 4.12. The van der Waals surface area contributed by atoms with Gasteiger partial charge in [0.05, 0.1) is 25.2 Å². The normalized spacial score (nSPS) is 31.1. The highest BCUT2D eigenvalue weighted by Gasteiger charge is 2.46. The SMILES string of the molecule is O=C(NC[C@@H]1CO[C@@H]2CN(C(=O)C3CCOC3)C[C@H]12)c1ccncc1. The number of amides is 2. The van der Waals surface area contributed by atoms with Crippen molar-refractivity contribution in [2.75, 3.05) is 39.5 Å². The monoisotopic (exact) mass is 345 g/mol. The molecule has 7 nitrogen and oxygen atoms in total. The van der Waals surface area contributed by atoms with Crippen molar-refractivity contribution in [3.05, 3.63) is 30.1 Å². The summed E-state index contributed by atoms with van der Waals surface area (Å²) >= 11 is 0. The van der Waals surface area contributed by atoms with Crippen LogP contribution in [-0.2, 0) is 14.3 Å². The number of nitrogens with one attached hydrogen (secondary N) is 1. The average molecular weight is 345 g/mol. The number of hydrogen-bond donors (Lipinski definition) is 1. The molecule has 4 rings (SSSR count). The van der Waals surface area contributed by atoms with E-state index in [4.69, 9.17) is 9.47 Å². The summed E-state index contributed by atoms with van der Waals surface area (Å²) in [5.74, 6) is 0.635. The highest BCUT2D eigenvalue weighted by molar-refractivity contribution is 5.93. The minimum Gasteiger partial charge on any atom is -0.381 e. The van der Waals surface area contributed by atoms with Crippen molar-refractivity contribution in [3.63, 3.8) is 0 Å². The molecule has 2 amide bonds. The number of likely N-dealkylation sites (tertiary alicyclic amines) is 1. The molecule has 4 atom stereocenters. The average Bonchev–Trinajstić information content (AvgIpc) is 3.37. The first kappa shape index (κ1) is 16.5. The molecule has 3 aliphatic rings. The maximum absolute atomic E-state index is 12.6. The molecule has 3 saturated heterocycles. The second kappa shape index (κ2) is 7.09. The van der Waals surface area contributed by atoms with Crippen LogP contribution in [-0.4, -0.2) is 67.3 Å². The topological polar surface area (TPSA) is 80.8 Å². The Balaban J connectivity index is 1.31. The molecular weight excluding hydrogens is 322 g/mol. The van der Waals surface area contributed by atoms with E-state index in [1.807, 2.05) is 4.90 Å². The van der Waals surface area contributed by atoms with Crippen LogP contribution >= 0.6 is 0 Å². The predicted molar refractivity (Wildman–Crippen MR) is 88.8 cm³/mol. The van der Waals surface area contributed by atoms with Gasteiger partial charge in [-0.2, -0.15) is 0 Å². The number of hydrogen-bond acceptors (Lipinski definition) is 5. The zero-order valence-electron chi connectivity index (χ0n) is 14.1. The third-order valence-electron chi connectivity index (χ3n) is 5.50. The number of fused-ring (bicyclic) bond motifs is 1. The molecule has 0 bridgehead atoms. The van der Waals surface area contributed by atoms with Crippen LogP contribution in [0.15, 0.2) is 24.5 Å². The number of nitrogens with zero attached hydrogens (tertiary/aromatic N) is 2. The van der Waals surface area contributed by atoms with Crippen LogP contribution in [0.25, 0.3) is 0 Å². The van der Waals surface area contributed by atoms with Crippen LogP contribution in [0.3, 0.4) is 0 Å². The molecule has 134 valence electrons. The van der Waals surface area contributed by atoms with E-state index in [-0.39, 0.29) is 29.8 Å². The Hall–Kier alpha value is -1.99. The molecule has 7 heteroatoms. The molecule has 0 aromatic carbocycles. The fraction of sp³-hybridized carbons (Fsp3) is 0.611. The third kappa shape index (κ3) is 3.39. The maximum atomic E-state index is 12.6. The first-order valence-corrected chi connectivity index (χ1v) is 8.88. The standard InChI is InChI=1S/C18H23N3O4/c22-17(12-1-4-19-5-2-12)20-7-14-11-25-16-9-21(8-15(14)16)18(23)13-3-6-24-10-13/h1-2,4-5,13-16H,3,6-11H2,(H,20,22)/t13?,14-,15-,16-/m1/s1. The van der Waals surface area contributed by atoms with E-state index in [1.54, 1.807) is 24.5 Å². The van der Waals surface area contributed by atoms with Crippen LogP contribution in [0, 0.1) is 17.8 Å². The summed E-state index contributed by atoms with van der Waals surface area (Å²) in [6, 6.07) is 3.39. The van der Waals surface area contributed by atoms with Crippen molar-refractivity contribution in [2.24, 2.45) is 17.8 Å². The van der Waals surface area contributed by atoms with Crippen LogP contribution in [0.4, 0.5) is 0 Å². The lowest BCUT2D eigenvalue weighted by molar-refractivity contribution is -0.135. The number of aromatic nitrogens is 1. The summed E-state index contributed by atoms with van der Waals surface area (Å²) < 4.78 is 11.2. The number of carbonyl (C=O) groups excluding carboxylic acids is 2. The first-order valence-electron chi connectivity index (χ1n) is 8.88. The molecule has 0 aliphatic carbocycles. The van der Waals surface area contributed by atoms with E-state index in [0.717, 1.165) is 13.0 Å². The van der Waals surface area contributed by atoms with Crippen LogP contribution in [0.5, 0.6) is 0 Å². The quantitative estimate of drug-likeness (QED) is 0.850. The van der Waals surface area contributed by atoms with Gasteiger partial charge in [-0.1, -0.05) is 0 Å². The summed E-state index contributed by atoms with van der Waals surface area (Å²) in [7, 11) is 0. The molecule has 4 heterocycles. The predicted octanol–water partition coefficient (Wildman–Crippen LogP) is 0.321.